The van der Waals surface area contributed by atoms with E-state index in [0.29, 0.717) is 31.6 Å². The van der Waals surface area contributed by atoms with Gasteiger partial charge in [-0.3, -0.25) is 9.10 Å². The van der Waals surface area contributed by atoms with E-state index >= 15 is 0 Å². The molecule has 1 heterocycles. The summed E-state index contributed by atoms with van der Waals surface area (Å²) in [5, 5.41) is 0. The molecule has 6 heteroatoms. The predicted molar refractivity (Wildman–Crippen MR) is 138 cm³/mol. The topological polar surface area (TPSA) is 57.7 Å². The molecule has 176 valence electrons. The third kappa shape index (κ3) is 4.84. The number of benzene rings is 4. The van der Waals surface area contributed by atoms with Crippen LogP contribution in [0.3, 0.4) is 0 Å². The molecular formula is C29H26N2O3S. The number of hydrogen-bond acceptors (Lipinski definition) is 3. The van der Waals surface area contributed by atoms with Gasteiger partial charge in [0, 0.05) is 25.2 Å². The number of nitrogens with zero attached hydrogens (tertiary/aromatic N) is 2. The molecule has 0 aliphatic carbocycles. The van der Waals surface area contributed by atoms with Crippen LogP contribution in [0.4, 0.5) is 5.69 Å². The highest BCUT2D eigenvalue weighted by Gasteiger charge is 2.30. The Bertz CT molecular complexity index is 1380. The number of para-hydroxylation sites is 1. The Morgan fingerprint density at radius 2 is 1.26 bits per heavy atom. The van der Waals surface area contributed by atoms with E-state index in [9.17, 15) is 13.2 Å². The smallest absolute Gasteiger partial charge is 0.264 e. The summed E-state index contributed by atoms with van der Waals surface area (Å²) in [5.74, 6) is -0.145. The molecule has 0 atom stereocenters. The van der Waals surface area contributed by atoms with Gasteiger partial charge in [0.25, 0.3) is 15.9 Å². The monoisotopic (exact) mass is 482 g/mol. The van der Waals surface area contributed by atoms with E-state index in [1.165, 1.54) is 16.4 Å². The van der Waals surface area contributed by atoms with Crippen molar-refractivity contribution in [3.05, 3.63) is 131 Å². The van der Waals surface area contributed by atoms with Crippen molar-refractivity contribution >= 4 is 21.6 Å². The summed E-state index contributed by atoms with van der Waals surface area (Å²) >= 11 is 0. The van der Waals surface area contributed by atoms with Crippen molar-refractivity contribution in [2.75, 3.05) is 10.8 Å². The van der Waals surface area contributed by atoms with Crippen molar-refractivity contribution in [2.24, 2.45) is 0 Å². The zero-order valence-electron chi connectivity index (χ0n) is 19.2. The number of carbonyl (C=O) groups excluding carboxylic acids is 1. The molecule has 0 saturated heterocycles. The van der Waals surface area contributed by atoms with Crippen LogP contribution in [0.2, 0.25) is 0 Å². The molecule has 4 aromatic rings. The van der Waals surface area contributed by atoms with Gasteiger partial charge in [-0.05, 0) is 53.4 Å². The van der Waals surface area contributed by atoms with Gasteiger partial charge in [-0.15, -0.1) is 0 Å². The molecule has 1 aliphatic heterocycles. The van der Waals surface area contributed by atoms with Crippen LogP contribution in [0.1, 0.15) is 27.0 Å². The Kier molecular flexibility index (Phi) is 6.38. The highest BCUT2D eigenvalue weighted by molar-refractivity contribution is 7.92. The number of amides is 1. The minimum atomic E-state index is -3.70. The van der Waals surface area contributed by atoms with E-state index in [1.807, 2.05) is 84.9 Å². The van der Waals surface area contributed by atoms with Crippen molar-refractivity contribution < 1.29 is 13.2 Å². The minimum Gasteiger partial charge on any atom is -0.330 e. The molecule has 35 heavy (non-hydrogen) atoms. The summed E-state index contributed by atoms with van der Waals surface area (Å²) in [6, 6.07) is 33.6. The van der Waals surface area contributed by atoms with E-state index < -0.39 is 10.0 Å². The van der Waals surface area contributed by atoms with Crippen LogP contribution >= 0.6 is 0 Å². The molecule has 5 rings (SSSR count). The van der Waals surface area contributed by atoms with Crippen LogP contribution in [-0.4, -0.2) is 25.8 Å². The van der Waals surface area contributed by atoms with E-state index in [0.717, 1.165) is 22.4 Å². The van der Waals surface area contributed by atoms with Crippen LogP contribution in [0.5, 0.6) is 0 Å². The third-order valence-electron chi connectivity index (χ3n) is 6.25. The quantitative estimate of drug-likeness (QED) is 0.360. The Balaban J connectivity index is 1.40. The zero-order chi connectivity index (χ0) is 24.3. The fourth-order valence-electron chi connectivity index (χ4n) is 4.44. The number of hydrogen-bond donors (Lipinski definition) is 0. The van der Waals surface area contributed by atoms with Gasteiger partial charge in [0.1, 0.15) is 0 Å². The molecule has 0 aromatic heterocycles. The number of anilines is 1. The van der Waals surface area contributed by atoms with Crippen molar-refractivity contribution in [1.82, 2.24) is 4.90 Å². The van der Waals surface area contributed by atoms with Crippen molar-refractivity contribution in [3.8, 4) is 0 Å². The van der Waals surface area contributed by atoms with Crippen LogP contribution in [0, 0.1) is 0 Å². The Labute approximate surface area is 206 Å². The average Bonchev–Trinajstić information content (AvgIpc) is 3.34. The molecule has 0 N–H and O–H groups in total. The van der Waals surface area contributed by atoms with Gasteiger partial charge in [-0.1, -0.05) is 78.9 Å². The first-order chi connectivity index (χ1) is 17.0. The van der Waals surface area contributed by atoms with Crippen LogP contribution in [-0.2, 0) is 29.5 Å². The lowest BCUT2D eigenvalue weighted by Crippen LogP contribution is -2.31. The molecule has 4 aromatic carbocycles. The second kappa shape index (κ2) is 9.76. The van der Waals surface area contributed by atoms with Gasteiger partial charge in [-0.2, -0.15) is 0 Å². The first-order valence-corrected chi connectivity index (χ1v) is 13.0. The predicted octanol–water partition coefficient (Wildman–Crippen LogP) is 5.28. The maximum absolute atomic E-state index is 13.5. The highest BCUT2D eigenvalue weighted by Crippen LogP contribution is 2.32. The molecular weight excluding hydrogens is 456 g/mol. The molecule has 1 amide bonds. The SMILES string of the molecule is O=C(c1ccc(S(=O)(=O)N2CCc3ccccc32)cc1)N(Cc1ccccc1)Cc1ccccc1. The molecule has 0 saturated carbocycles. The van der Waals surface area contributed by atoms with Crippen molar-refractivity contribution in [3.63, 3.8) is 0 Å². The molecule has 1 aliphatic rings. The Morgan fingerprint density at radius 1 is 0.714 bits per heavy atom. The lowest BCUT2D eigenvalue weighted by atomic mass is 10.1. The molecule has 0 unspecified atom stereocenters. The number of rotatable bonds is 7. The standard InChI is InChI=1S/C29H26N2O3S/c32-29(30(21-23-9-3-1-4-10-23)22-24-11-5-2-6-12-24)26-15-17-27(18-16-26)35(33,34)31-20-19-25-13-7-8-14-28(25)31/h1-18H,19-22H2. The van der Waals surface area contributed by atoms with Crippen molar-refractivity contribution in [1.29, 1.82) is 0 Å². The summed E-state index contributed by atoms with van der Waals surface area (Å²) in [7, 11) is -3.70. The Morgan fingerprint density at radius 3 is 1.86 bits per heavy atom. The maximum atomic E-state index is 13.5. The lowest BCUT2D eigenvalue weighted by molar-refractivity contribution is 0.0730. The lowest BCUT2D eigenvalue weighted by Gasteiger charge is -2.24. The summed E-state index contributed by atoms with van der Waals surface area (Å²) < 4.78 is 28.1. The number of fused-ring (bicyclic) bond motifs is 1. The number of carbonyl (C=O) groups is 1. The summed E-state index contributed by atoms with van der Waals surface area (Å²) in [6.07, 6.45) is 0.694. The summed E-state index contributed by atoms with van der Waals surface area (Å²) in [4.78, 5) is 15.5. The zero-order valence-corrected chi connectivity index (χ0v) is 20.1. The second-order valence-corrected chi connectivity index (χ2v) is 10.5. The maximum Gasteiger partial charge on any atom is 0.264 e. The summed E-state index contributed by atoms with van der Waals surface area (Å²) in [5.41, 5.74) is 4.27. The summed E-state index contributed by atoms with van der Waals surface area (Å²) in [6.45, 7) is 1.34. The van der Waals surface area contributed by atoms with Crippen LogP contribution in [0.15, 0.2) is 114 Å². The number of sulfonamides is 1. The minimum absolute atomic E-state index is 0.145. The Hall–Kier alpha value is -3.90. The van der Waals surface area contributed by atoms with Crippen LogP contribution < -0.4 is 4.31 Å². The van der Waals surface area contributed by atoms with Gasteiger partial charge in [0.15, 0.2) is 0 Å². The van der Waals surface area contributed by atoms with Gasteiger partial charge >= 0.3 is 0 Å². The van der Waals surface area contributed by atoms with Crippen molar-refractivity contribution in [2.45, 2.75) is 24.4 Å². The first kappa shape index (κ1) is 22.9. The molecule has 0 bridgehead atoms. The largest absolute Gasteiger partial charge is 0.330 e. The molecule has 0 spiro atoms. The molecule has 5 nitrogen and oxygen atoms in total. The van der Waals surface area contributed by atoms with Crippen LogP contribution in [0.25, 0.3) is 0 Å². The van der Waals surface area contributed by atoms with E-state index in [-0.39, 0.29) is 10.8 Å². The van der Waals surface area contributed by atoms with Gasteiger partial charge in [0.2, 0.25) is 0 Å². The normalized spacial score (nSPS) is 12.9. The van der Waals surface area contributed by atoms with Gasteiger partial charge in [0.05, 0.1) is 10.6 Å². The second-order valence-electron chi connectivity index (χ2n) is 8.61. The van der Waals surface area contributed by atoms with E-state index in [4.69, 9.17) is 0 Å². The third-order valence-corrected chi connectivity index (χ3v) is 8.08. The fraction of sp³-hybridized carbons (Fsp3) is 0.138. The average molecular weight is 483 g/mol. The molecule has 0 fully saturated rings. The molecule has 0 radical (unpaired) electrons. The van der Waals surface area contributed by atoms with E-state index in [1.54, 1.807) is 17.0 Å². The van der Waals surface area contributed by atoms with Gasteiger partial charge < -0.3 is 4.90 Å². The highest BCUT2D eigenvalue weighted by atomic mass is 32.2. The first-order valence-electron chi connectivity index (χ1n) is 11.6. The van der Waals surface area contributed by atoms with Gasteiger partial charge in [-0.25, -0.2) is 8.42 Å². The van der Waals surface area contributed by atoms with E-state index in [2.05, 4.69) is 0 Å². The fourth-order valence-corrected chi connectivity index (χ4v) is 5.95.